The molecule has 3 N–H and O–H groups in total. The summed E-state index contributed by atoms with van der Waals surface area (Å²) < 4.78 is 29.2. The molecule has 0 unspecified atom stereocenters. The van der Waals surface area contributed by atoms with Gasteiger partial charge >= 0.3 is 5.97 Å². The summed E-state index contributed by atoms with van der Waals surface area (Å²) in [7, 11) is -3.96. The zero-order chi connectivity index (χ0) is 14.0. The van der Waals surface area contributed by atoms with Crippen LogP contribution in [0.4, 0.5) is 0 Å². The minimum absolute atomic E-state index is 0.107. The summed E-state index contributed by atoms with van der Waals surface area (Å²) in [5.74, 6) is -1.41. The average molecular weight is 281 g/mol. The van der Waals surface area contributed by atoms with Crippen molar-refractivity contribution in [3.05, 3.63) is 0 Å². The van der Waals surface area contributed by atoms with Gasteiger partial charge < -0.3 is 10.4 Å². The van der Waals surface area contributed by atoms with Gasteiger partial charge in [0.1, 0.15) is 0 Å². The van der Waals surface area contributed by atoms with Gasteiger partial charge in [-0.2, -0.15) is 8.42 Å². The molecule has 0 aliphatic heterocycles. The molecule has 0 atom stereocenters. The van der Waals surface area contributed by atoms with E-state index < -0.39 is 16.1 Å². The Balaban J connectivity index is 3.41. The molecule has 7 nitrogen and oxygen atoms in total. The molecule has 0 aliphatic carbocycles. The molecule has 0 bridgehead atoms. The number of carboxylic acids is 1. The highest BCUT2D eigenvalue weighted by molar-refractivity contribution is 7.85. The Bertz CT molecular complexity index is 365. The van der Waals surface area contributed by atoms with E-state index >= 15 is 0 Å². The molecule has 0 spiro atoms. The van der Waals surface area contributed by atoms with Crippen molar-refractivity contribution < 1.29 is 27.7 Å². The zero-order valence-corrected chi connectivity index (χ0v) is 10.9. The topological polar surface area (TPSA) is 121 Å². The third kappa shape index (κ3) is 12.9. The van der Waals surface area contributed by atoms with E-state index in [1.165, 1.54) is 0 Å². The summed E-state index contributed by atoms with van der Waals surface area (Å²) in [6, 6.07) is 0. The number of nitrogens with one attached hydrogen (secondary N) is 1. The van der Waals surface area contributed by atoms with Gasteiger partial charge in [0, 0.05) is 19.4 Å². The van der Waals surface area contributed by atoms with Gasteiger partial charge in [0.05, 0.1) is 5.75 Å². The van der Waals surface area contributed by atoms with Crippen molar-refractivity contribution in [2.45, 2.75) is 38.5 Å². The zero-order valence-electron chi connectivity index (χ0n) is 10.1. The van der Waals surface area contributed by atoms with E-state index in [2.05, 4.69) is 5.32 Å². The van der Waals surface area contributed by atoms with Crippen molar-refractivity contribution in [3.8, 4) is 0 Å². The minimum atomic E-state index is -3.96. The SMILES string of the molecule is O=C(O)CCCCCC(=O)NCCCS(=O)(=O)O. The maximum absolute atomic E-state index is 11.2. The molecule has 1 amide bonds. The van der Waals surface area contributed by atoms with Gasteiger partial charge in [0.25, 0.3) is 10.1 Å². The Morgan fingerprint density at radius 2 is 1.61 bits per heavy atom. The first-order valence-corrected chi connectivity index (χ1v) is 7.36. The van der Waals surface area contributed by atoms with E-state index in [0.29, 0.717) is 25.7 Å². The van der Waals surface area contributed by atoms with Crippen LogP contribution >= 0.6 is 0 Å². The van der Waals surface area contributed by atoms with E-state index in [9.17, 15) is 18.0 Å². The molecular formula is C10H19NO6S. The second-order valence-electron chi connectivity index (χ2n) is 3.94. The molecule has 0 aliphatic rings. The van der Waals surface area contributed by atoms with Gasteiger partial charge in [0.15, 0.2) is 0 Å². The van der Waals surface area contributed by atoms with Crippen LogP contribution in [0.15, 0.2) is 0 Å². The van der Waals surface area contributed by atoms with Gasteiger partial charge in [-0.25, -0.2) is 0 Å². The number of hydrogen-bond acceptors (Lipinski definition) is 4. The quantitative estimate of drug-likeness (QED) is 0.394. The van der Waals surface area contributed by atoms with E-state index in [1.54, 1.807) is 0 Å². The van der Waals surface area contributed by atoms with Crippen LogP contribution in [0.1, 0.15) is 38.5 Å². The summed E-state index contributed by atoms with van der Waals surface area (Å²) in [5, 5.41) is 10.9. The fourth-order valence-electron chi connectivity index (χ4n) is 1.31. The lowest BCUT2D eigenvalue weighted by atomic mass is 10.1. The molecule has 0 aromatic heterocycles. The molecule has 0 saturated carbocycles. The van der Waals surface area contributed by atoms with Crippen LogP contribution in [0.3, 0.4) is 0 Å². The van der Waals surface area contributed by atoms with Crippen LogP contribution in [0.5, 0.6) is 0 Å². The lowest BCUT2D eigenvalue weighted by Gasteiger charge is -2.04. The number of carbonyl (C=O) groups is 2. The van der Waals surface area contributed by atoms with Gasteiger partial charge in [-0.3, -0.25) is 14.1 Å². The van der Waals surface area contributed by atoms with Gasteiger partial charge in [-0.15, -0.1) is 0 Å². The highest BCUT2D eigenvalue weighted by Crippen LogP contribution is 2.02. The standard InChI is InChI=1S/C10H19NO6S/c12-9(5-2-1-3-6-10(13)14)11-7-4-8-18(15,16)17/h1-8H2,(H,11,12)(H,13,14)(H,15,16,17). The lowest BCUT2D eigenvalue weighted by Crippen LogP contribution is -2.25. The number of aliphatic carboxylic acids is 1. The van der Waals surface area contributed by atoms with E-state index in [0.717, 1.165) is 0 Å². The van der Waals surface area contributed by atoms with Crippen molar-refractivity contribution >= 4 is 22.0 Å². The van der Waals surface area contributed by atoms with Gasteiger partial charge in [-0.1, -0.05) is 6.42 Å². The first-order valence-electron chi connectivity index (χ1n) is 5.75. The van der Waals surface area contributed by atoms with Crippen LogP contribution in [-0.4, -0.2) is 42.3 Å². The summed E-state index contributed by atoms with van der Waals surface area (Å²) in [5.41, 5.74) is 0. The van der Waals surface area contributed by atoms with Crippen LogP contribution in [0.2, 0.25) is 0 Å². The molecule has 18 heavy (non-hydrogen) atoms. The number of hydrogen-bond donors (Lipinski definition) is 3. The first kappa shape index (κ1) is 16.9. The van der Waals surface area contributed by atoms with Crippen molar-refractivity contribution in [3.63, 3.8) is 0 Å². The smallest absolute Gasteiger partial charge is 0.303 e. The molecular weight excluding hydrogens is 262 g/mol. The third-order valence-electron chi connectivity index (χ3n) is 2.20. The maximum Gasteiger partial charge on any atom is 0.303 e. The van der Waals surface area contributed by atoms with Crippen molar-refractivity contribution in [2.24, 2.45) is 0 Å². The predicted molar refractivity (Wildman–Crippen MR) is 64.8 cm³/mol. The Morgan fingerprint density at radius 3 is 2.17 bits per heavy atom. The van der Waals surface area contributed by atoms with E-state index in [1.807, 2.05) is 0 Å². The molecule has 0 rings (SSSR count). The second kappa shape index (κ2) is 8.87. The van der Waals surface area contributed by atoms with Crippen LogP contribution in [-0.2, 0) is 19.7 Å². The number of rotatable bonds is 10. The van der Waals surface area contributed by atoms with E-state index in [4.69, 9.17) is 9.66 Å². The minimum Gasteiger partial charge on any atom is -0.481 e. The summed E-state index contributed by atoms with van der Waals surface area (Å²) in [6.45, 7) is 0.202. The normalized spacial score (nSPS) is 11.2. The molecule has 0 aromatic rings. The summed E-state index contributed by atoms with van der Waals surface area (Å²) in [6.07, 6.45) is 2.40. The van der Waals surface area contributed by atoms with Crippen molar-refractivity contribution in [2.75, 3.05) is 12.3 Å². The number of unbranched alkanes of at least 4 members (excludes halogenated alkanes) is 2. The lowest BCUT2D eigenvalue weighted by molar-refractivity contribution is -0.137. The number of amides is 1. The Labute approximate surface area is 106 Å². The molecule has 0 radical (unpaired) electrons. The maximum atomic E-state index is 11.2. The predicted octanol–water partition coefficient (Wildman–Crippen LogP) is 0.416. The molecule has 0 saturated heterocycles. The highest BCUT2D eigenvalue weighted by atomic mass is 32.2. The molecule has 0 aromatic carbocycles. The molecule has 0 heterocycles. The molecule has 8 heteroatoms. The van der Waals surface area contributed by atoms with Crippen LogP contribution < -0.4 is 5.32 Å². The third-order valence-corrected chi connectivity index (χ3v) is 3.00. The molecule has 0 fully saturated rings. The van der Waals surface area contributed by atoms with E-state index in [-0.39, 0.29) is 31.0 Å². The number of carbonyl (C=O) groups excluding carboxylic acids is 1. The Morgan fingerprint density at radius 1 is 1.00 bits per heavy atom. The fourth-order valence-corrected chi connectivity index (χ4v) is 1.82. The second-order valence-corrected chi connectivity index (χ2v) is 5.52. The summed E-state index contributed by atoms with van der Waals surface area (Å²) in [4.78, 5) is 21.4. The summed E-state index contributed by atoms with van der Waals surface area (Å²) >= 11 is 0. The largest absolute Gasteiger partial charge is 0.481 e. The average Bonchev–Trinajstić information content (AvgIpc) is 2.22. The number of carboxylic acid groups (broad SMARTS) is 1. The van der Waals surface area contributed by atoms with Gasteiger partial charge in [-0.05, 0) is 19.3 Å². The van der Waals surface area contributed by atoms with Crippen molar-refractivity contribution in [1.82, 2.24) is 5.32 Å². The highest BCUT2D eigenvalue weighted by Gasteiger charge is 2.05. The molecule has 106 valence electrons. The monoisotopic (exact) mass is 281 g/mol. The van der Waals surface area contributed by atoms with Gasteiger partial charge in [0.2, 0.25) is 5.91 Å². The first-order chi connectivity index (χ1) is 8.31. The Hall–Kier alpha value is -1.15. The fraction of sp³-hybridized carbons (Fsp3) is 0.800. The Kier molecular flexibility index (Phi) is 8.30. The van der Waals surface area contributed by atoms with Crippen LogP contribution in [0, 0.1) is 0 Å². The van der Waals surface area contributed by atoms with Crippen molar-refractivity contribution in [1.29, 1.82) is 0 Å². The van der Waals surface area contributed by atoms with Crippen LogP contribution in [0.25, 0.3) is 0 Å².